The molecule has 1 nitrogen and oxygen atoms in total. The van der Waals surface area contributed by atoms with E-state index in [2.05, 4.69) is 37.6 Å². The molecular formula is C20H31N. The van der Waals surface area contributed by atoms with Crippen LogP contribution in [0.5, 0.6) is 0 Å². The molecule has 1 fully saturated rings. The van der Waals surface area contributed by atoms with E-state index in [1.807, 2.05) is 12.3 Å². The fraction of sp³-hybridized carbons (Fsp3) is 0.600. The van der Waals surface area contributed by atoms with Crippen LogP contribution in [0.25, 0.3) is 5.57 Å². The second-order valence-electron chi connectivity index (χ2n) is 6.55. The first-order valence-electron chi connectivity index (χ1n) is 8.72. The van der Waals surface area contributed by atoms with Crippen LogP contribution in [0.3, 0.4) is 0 Å². The van der Waals surface area contributed by atoms with E-state index in [1.54, 1.807) is 0 Å². The van der Waals surface area contributed by atoms with Crippen molar-refractivity contribution >= 4 is 5.57 Å². The molecular weight excluding hydrogens is 254 g/mol. The maximum Gasteiger partial charge on any atom is 0.0191 e. The maximum atomic E-state index is 3.88. The van der Waals surface area contributed by atoms with Gasteiger partial charge in [-0.3, -0.25) is 0 Å². The monoisotopic (exact) mass is 285 g/mol. The summed E-state index contributed by atoms with van der Waals surface area (Å²) in [6.45, 7) is 8.40. The van der Waals surface area contributed by atoms with Crippen molar-refractivity contribution in [3.63, 3.8) is 0 Å². The maximum absolute atomic E-state index is 3.88. The summed E-state index contributed by atoms with van der Waals surface area (Å²) < 4.78 is 0. The fourth-order valence-electron chi connectivity index (χ4n) is 4.01. The zero-order valence-corrected chi connectivity index (χ0v) is 13.8. The predicted octanol–water partition coefficient (Wildman–Crippen LogP) is 6.28. The van der Waals surface area contributed by atoms with E-state index in [4.69, 9.17) is 0 Å². The number of hydrogen-bond acceptors (Lipinski definition) is 0. The number of H-pyrrole nitrogens is 1. The number of hydrogen-bond donors (Lipinski definition) is 1. The van der Waals surface area contributed by atoms with Gasteiger partial charge in [0.1, 0.15) is 0 Å². The highest BCUT2D eigenvalue weighted by Gasteiger charge is 2.23. The Morgan fingerprint density at radius 1 is 1.33 bits per heavy atom. The molecule has 21 heavy (non-hydrogen) atoms. The molecule has 1 aliphatic rings. The van der Waals surface area contributed by atoms with Gasteiger partial charge in [0, 0.05) is 11.9 Å². The quantitative estimate of drug-likeness (QED) is 0.567. The second-order valence-corrected chi connectivity index (χ2v) is 6.55. The molecule has 1 heterocycles. The number of aromatic amines is 1. The van der Waals surface area contributed by atoms with E-state index in [9.17, 15) is 0 Å². The second kappa shape index (κ2) is 8.26. The Balaban J connectivity index is 1.89. The summed E-state index contributed by atoms with van der Waals surface area (Å²) in [6, 6.07) is 2.19. The van der Waals surface area contributed by atoms with Crippen LogP contribution in [0.4, 0.5) is 0 Å². The van der Waals surface area contributed by atoms with Gasteiger partial charge in [-0.25, -0.2) is 0 Å². The third-order valence-electron chi connectivity index (χ3n) is 5.23. The SMILES string of the molecule is C=C/C=C(/CCCC1CCCCC1CC)c1cc[nH]c1C. The van der Waals surface area contributed by atoms with E-state index < -0.39 is 0 Å². The molecule has 0 saturated heterocycles. The molecule has 0 radical (unpaired) electrons. The van der Waals surface area contributed by atoms with Gasteiger partial charge in [0.25, 0.3) is 0 Å². The van der Waals surface area contributed by atoms with Crippen LogP contribution in [0, 0.1) is 18.8 Å². The van der Waals surface area contributed by atoms with Crippen molar-refractivity contribution in [2.45, 2.75) is 65.2 Å². The Labute approximate surface area is 130 Å². The van der Waals surface area contributed by atoms with E-state index in [0.717, 1.165) is 11.8 Å². The van der Waals surface area contributed by atoms with E-state index in [-0.39, 0.29) is 0 Å². The third kappa shape index (κ3) is 4.36. The van der Waals surface area contributed by atoms with Crippen molar-refractivity contribution in [2.75, 3.05) is 0 Å². The molecule has 1 N–H and O–H groups in total. The van der Waals surface area contributed by atoms with Crippen molar-refractivity contribution in [2.24, 2.45) is 11.8 Å². The number of nitrogens with one attached hydrogen (secondary N) is 1. The minimum absolute atomic E-state index is 0.973. The largest absolute Gasteiger partial charge is 0.365 e. The Kier molecular flexibility index (Phi) is 6.35. The van der Waals surface area contributed by atoms with Crippen molar-refractivity contribution in [3.8, 4) is 0 Å². The average molecular weight is 285 g/mol. The molecule has 0 spiro atoms. The number of aromatic nitrogens is 1. The summed E-state index contributed by atoms with van der Waals surface area (Å²) in [5.74, 6) is 1.96. The first-order valence-corrected chi connectivity index (χ1v) is 8.72. The van der Waals surface area contributed by atoms with Gasteiger partial charge in [0.2, 0.25) is 0 Å². The summed E-state index contributed by atoms with van der Waals surface area (Å²) in [4.78, 5) is 3.29. The van der Waals surface area contributed by atoms with Crippen molar-refractivity contribution in [3.05, 3.63) is 42.3 Å². The molecule has 1 heteroatoms. The standard InChI is InChI=1S/C20H31N/c1-4-9-19(20-14-15-21-16(20)3)13-8-12-18-11-7-6-10-17(18)5-2/h4,9,14-15,17-18,21H,1,5-8,10-13H2,2-3H3/b19-9-. The van der Waals surface area contributed by atoms with Gasteiger partial charge in [-0.2, -0.15) is 0 Å². The number of allylic oxidation sites excluding steroid dienone is 3. The van der Waals surface area contributed by atoms with Crippen LogP contribution >= 0.6 is 0 Å². The molecule has 0 bridgehead atoms. The molecule has 116 valence electrons. The molecule has 2 unspecified atom stereocenters. The van der Waals surface area contributed by atoms with Crippen molar-refractivity contribution < 1.29 is 0 Å². The molecule has 0 aliphatic heterocycles. The molecule has 1 saturated carbocycles. The molecule has 0 aromatic carbocycles. The van der Waals surface area contributed by atoms with Gasteiger partial charge in [0.15, 0.2) is 0 Å². The Hall–Kier alpha value is -1.24. The summed E-state index contributed by atoms with van der Waals surface area (Å²) in [6.07, 6.45) is 17.3. The van der Waals surface area contributed by atoms with E-state index in [1.165, 1.54) is 68.2 Å². The first kappa shape index (κ1) is 16.1. The smallest absolute Gasteiger partial charge is 0.0191 e. The molecule has 1 aromatic heterocycles. The van der Waals surface area contributed by atoms with E-state index >= 15 is 0 Å². The third-order valence-corrected chi connectivity index (χ3v) is 5.23. The Morgan fingerprint density at radius 3 is 2.71 bits per heavy atom. The highest BCUT2D eigenvalue weighted by atomic mass is 14.7. The van der Waals surface area contributed by atoms with Crippen LogP contribution in [0.1, 0.15) is 69.5 Å². The van der Waals surface area contributed by atoms with Gasteiger partial charge in [-0.15, -0.1) is 0 Å². The van der Waals surface area contributed by atoms with Crippen LogP contribution in [-0.4, -0.2) is 4.98 Å². The average Bonchev–Trinajstić information content (AvgIpc) is 2.93. The normalized spacial score (nSPS) is 23.2. The van der Waals surface area contributed by atoms with Crippen LogP contribution < -0.4 is 0 Å². The summed E-state index contributed by atoms with van der Waals surface area (Å²) in [7, 11) is 0. The lowest BCUT2D eigenvalue weighted by molar-refractivity contribution is 0.215. The fourth-order valence-corrected chi connectivity index (χ4v) is 4.01. The highest BCUT2D eigenvalue weighted by Crippen LogP contribution is 2.36. The summed E-state index contributed by atoms with van der Waals surface area (Å²) >= 11 is 0. The number of rotatable bonds is 7. The molecule has 1 aromatic rings. The molecule has 0 amide bonds. The summed E-state index contributed by atoms with van der Waals surface area (Å²) in [5, 5.41) is 0. The zero-order valence-electron chi connectivity index (χ0n) is 13.8. The van der Waals surface area contributed by atoms with Gasteiger partial charge in [-0.1, -0.05) is 57.8 Å². The molecule has 1 aliphatic carbocycles. The Bertz CT molecular complexity index is 466. The van der Waals surface area contributed by atoms with Gasteiger partial charge < -0.3 is 4.98 Å². The van der Waals surface area contributed by atoms with Crippen LogP contribution in [0.15, 0.2) is 31.0 Å². The zero-order chi connectivity index (χ0) is 15.1. The lowest BCUT2D eigenvalue weighted by atomic mass is 9.75. The van der Waals surface area contributed by atoms with Crippen molar-refractivity contribution in [1.29, 1.82) is 0 Å². The summed E-state index contributed by atoms with van der Waals surface area (Å²) in [5.41, 5.74) is 4.07. The van der Waals surface area contributed by atoms with Gasteiger partial charge in [-0.05, 0) is 55.2 Å². The highest BCUT2D eigenvalue weighted by molar-refractivity contribution is 5.68. The minimum Gasteiger partial charge on any atom is -0.365 e. The first-order chi connectivity index (χ1) is 10.3. The van der Waals surface area contributed by atoms with Gasteiger partial charge >= 0.3 is 0 Å². The van der Waals surface area contributed by atoms with Gasteiger partial charge in [0.05, 0.1) is 0 Å². The lowest BCUT2D eigenvalue weighted by Gasteiger charge is -2.31. The molecule has 2 rings (SSSR count). The Morgan fingerprint density at radius 2 is 2.10 bits per heavy atom. The van der Waals surface area contributed by atoms with Crippen LogP contribution in [0.2, 0.25) is 0 Å². The minimum atomic E-state index is 0.973. The van der Waals surface area contributed by atoms with Crippen molar-refractivity contribution in [1.82, 2.24) is 4.98 Å². The molecule has 2 atom stereocenters. The van der Waals surface area contributed by atoms with Crippen LogP contribution in [-0.2, 0) is 0 Å². The predicted molar refractivity (Wildman–Crippen MR) is 93.3 cm³/mol. The topological polar surface area (TPSA) is 15.8 Å². The van der Waals surface area contributed by atoms with E-state index in [0.29, 0.717) is 0 Å². The lowest BCUT2D eigenvalue weighted by Crippen LogP contribution is -2.18. The number of aryl methyl sites for hydroxylation is 1.